The fraction of sp³-hybridized carbons (Fsp3) is 0.667. The van der Waals surface area contributed by atoms with Gasteiger partial charge in [-0.1, -0.05) is 51.1 Å². The maximum Gasteiger partial charge on any atom is 0.322 e. The van der Waals surface area contributed by atoms with Crippen LogP contribution in [0.1, 0.15) is 46.6 Å². The van der Waals surface area contributed by atoms with Gasteiger partial charge in [0, 0.05) is 13.0 Å². The normalized spacial score (nSPS) is 13.6. The number of hydrogen-bond donors (Lipinski definition) is 0. The molecule has 1 aromatic carbocycles. The number of carbonyl (C=O) groups excluding carboxylic acids is 2. The summed E-state index contributed by atoms with van der Waals surface area (Å²) in [5.41, 5.74) is 1.24. The fourth-order valence-corrected chi connectivity index (χ4v) is 7.34. The van der Waals surface area contributed by atoms with Crippen LogP contribution in [0.3, 0.4) is 0 Å². The molecule has 0 aliphatic carbocycles. The van der Waals surface area contributed by atoms with Gasteiger partial charge in [-0.05, 0) is 43.8 Å². The average molecular weight is 471 g/mol. The minimum Gasteiger partial charge on any atom is -0.465 e. The second kappa shape index (κ2) is 14.8. The van der Waals surface area contributed by atoms with Gasteiger partial charge in [0.25, 0.3) is 0 Å². The highest BCUT2D eigenvalue weighted by Crippen LogP contribution is 2.52. The van der Waals surface area contributed by atoms with E-state index in [9.17, 15) is 9.59 Å². The van der Waals surface area contributed by atoms with Crippen molar-refractivity contribution in [3.63, 3.8) is 0 Å². The van der Waals surface area contributed by atoms with E-state index in [1.54, 1.807) is 44.5 Å². The smallest absolute Gasteiger partial charge is 0.322 e. The summed E-state index contributed by atoms with van der Waals surface area (Å²) < 4.78 is 15.9. The maximum absolute atomic E-state index is 13.1. The molecule has 0 heterocycles. The largest absolute Gasteiger partial charge is 0.465 e. The number of benzene rings is 1. The summed E-state index contributed by atoms with van der Waals surface area (Å²) in [6.45, 7) is 10.1. The Balaban J connectivity index is 3.34. The molecule has 0 spiro atoms. The Hall–Kier alpha value is -1.18. The first-order valence-electron chi connectivity index (χ1n) is 11.1. The SMILES string of the molecule is CCOC(=O)C(C(=O)OCC)C(SCC)(SCC)[C@H](C)[C@@H](CCc1ccccc1)OC. The maximum atomic E-state index is 13.1. The average Bonchev–Trinajstić information content (AvgIpc) is 2.75. The number of carbonyl (C=O) groups is 2. The van der Waals surface area contributed by atoms with Gasteiger partial charge in [-0.2, -0.15) is 0 Å². The first kappa shape index (κ1) is 27.9. The molecular formula is C24H38O5S2. The molecule has 176 valence electrons. The van der Waals surface area contributed by atoms with Crippen LogP contribution in [0.15, 0.2) is 30.3 Å². The minimum absolute atomic E-state index is 0.102. The number of esters is 2. The van der Waals surface area contributed by atoms with Crippen LogP contribution in [0.4, 0.5) is 0 Å². The second-order valence-corrected chi connectivity index (χ2v) is 10.5. The predicted octanol–water partition coefficient (Wildman–Crippen LogP) is 5.22. The molecular weight excluding hydrogens is 432 g/mol. The van der Waals surface area contributed by atoms with Gasteiger partial charge in [-0.25, -0.2) is 0 Å². The molecule has 1 rings (SSSR count). The van der Waals surface area contributed by atoms with Crippen LogP contribution in [-0.4, -0.2) is 54.0 Å². The Bertz CT molecular complexity index is 629. The van der Waals surface area contributed by atoms with Gasteiger partial charge in [0.1, 0.15) is 0 Å². The van der Waals surface area contributed by atoms with Crippen molar-refractivity contribution in [1.29, 1.82) is 0 Å². The number of methoxy groups -OCH3 is 1. The molecule has 0 aliphatic rings. The van der Waals surface area contributed by atoms with Gasteiger partial charge in [-0.15, -0.1) is 23.5 Å². The molecule has 2 atom stereocenters. The van der Waals surface area contributed by atoms with Gasteiger partial charge in [0.05, 0.1) is 23.4 Å². The number of aryl methyl sites for hydroxylation is 1. The van der Waals surface area contributed by atoms with E-state index in [0.29, 0.717) is 0 Å². The number of rotatable bonds is 15. The van der Waals surface area contributed by atoms with Crippen molar-refractivity contribution < 1.29 is 23.8 Å². The highest BCUT2D eigenvalue weighted by molar-refractivity contribution is 8.18. The molecule has 0 amide bonds. The molecule has 1 aromatic rings. The summed E-state index contributed by atoms with van der Waals surface area (Å²) in [6, 6.07) is 10.3. The lowest BCUT2D eigenvalue weighted by atomic mass is 9.87. The lowest BCUT2D eigenvalue weighted by Gasteiger charge is -2.44. The third kappa shape index (κ3) is 7.72. The van der Waals surface area contributed by atoms with E-state index in [-0.39, 0.29) is 25.2 Å². The number of hydrogen-bond acceptors (Lipinski definition) is 7. The van der Waals surface area contributed by atoms with E-state index in [2.05, 4.69) is 19.1 Å². The van der Waals surface area contributed by atoms with Crippen molar-refractivity contribution in [2.45, 2.75) is 57.6 Å². The zero-order chi connectivity index (χ0) is 23.3. The number of ether oxygens (including phenoxy) is 3. The third-order valence-corrected chi connectivity index (χ3v) is 8.64. The molecule has 0 fully saturated rings. The predicted molar refractivity (Wildman–Crippen MR) is 130 cm³/mol. The zero-order valence-corrected chi connectivity index (χ0v) is 21.4. The van der Waals surface area contributed by atoms with Crippen LogP contribution in [-0.2, 0) is 30.2 Å². The molecule has 31 heavy (non-hydrogen) atoms. The van der Waals surface area contributed by atoms with Crippen LogP contribution in [0.2, 0.25) is 0 Å². The van der Waals surface area contributed by atoms with E-state index < -0.39 is 21.9 Å². The third-order valence-electron chi connectivity index (χ3n) is 5.24. The van der Waals surface area contributed by atoms with Gasteiger partial charge < -0.3 is 14.2 Å². The molecule has 7 heteroatoms. The molecule has 0 saturated carbocycles. The number of thioether (sulfide) groups is 2. The lowest BCUT2D eigenvalue weighted by molar-refractivity contribution is -0.163. The lowest BCUT2D eigenvalue weighted by Crippen LogP contribution is -2.51. The molecule has 0 saturated heterocycles. The van der Waals surface area contributed by atoms with E-state index in [0.717, 1.165) is 24.3 Å². The molecule has 0 aromatic heterocycles. The van der Waals surface area contributed by atoms with Crippen molar-refractivity contribution in [2.24, 2.45) is 11.8 Å². The first-order chi connectivity index (χ1) is 14.9. The summed E-state index contributed by atoms with van der Waals surface area (Å²) in [5.74, 6) is -0.661. The molecule has 0 unspecified atom stereocenters. The topological polar surface area (TPSA) is 61.8 Å². The van der Waals surface area contributed by atoms with Gasteiger partial charge >= 0.3 is 11.9 Å². The zero-order valence-electron chi connectivity index (χ0n) is 19.7. The van der Waals surface area contributed by atoms with Crippen LogP contribution in [0.25, 0.3) is 0 Å². The van der Waals surface area contributed by atoms with Gasteiger partial charge in [0.2, 0.25) is 0 Å². The summed E-state index contributed by atoms with van der Waals surface area (Å²) in [7, 11) is 1.70. The minimum atomic E-state index is -1.02. The molecule has 0 aliphatic heterocycles. The highest BCUT2D eigenvalue weighted by Gasteiger charge is 2.55. The van der Waals surface area contributed by atoms with Crippen molar-refractivity contribution >= 4 is 35.5 Å². The standard InChI is InChI=1S/C24H38O5S2/c1-7-28-22(25)21(23(26)29-8-2)24(30-9-3,31-10-4)18(5)20(27-6)17-16-19-14-12-11-13-15-19/h11-15,18,20-21H,7-10,16-17H2,1-6H3/t18-,20-/m1/s1. The van der Waals surface area contributed by atoms with Crippen molar-refractivity contribution in [2.75, 3.05) is 31.8 Å². The highest BCUT2D eigenvalue weighted by atomic mass is 32.2. The van der Waals surface area contributed by atoms with E-state index in [1.807, 2.05) is 32.0 Å². The molecule has 0 radical (unpaired) electrons. The fourth-order valence-electron chi connectivity index (χ4n) is 3.85. The summed E-state index contributed by atoms with van der Waals surface area (Å²) in [6.07, 6.45) is 1.51. The van der Waals surface area contributed by atoms with E-state index in [4.69, 9.17) is 14.2 Å². The van der Waals surface area contributed by atoms with E-state index in [1.165, 1.54) is 5.56 Å². The quantitative estimate of drug-likeness (QED) is 0.198. The Morgan fingerprint density at radius 3 is 1.87 bits per heavy atom. The van der Waals surface area contributed by atoms with Crippen molar-refractivity contribution in [3.05, 3.63) is 35.9 Å². The Labute approximate surface area is 196 Å². The monoisotopic (exact) mass is 470 g/mol. The Morgan fingerprint density at radius 1 is 0.935 bits per heavy atom. The molecule has 0 bridgehead atoms. The Kier molecular flexibility index (Phi) is 13.3. The summed E-state index contributed by atoms with van der Waals surface area (Å²) in [5, 5.41) is 0. The van der Waals surface area contributed by atoms with Gasteiger partial charge in [-0.3, -0.25) is 9.59 Å². The molecule has 0 N–H and O–H groups in total. The van der Waals surface area contributed by atoms with Crippen LogP contribution in [0, 0.1) is 11.8 Å². The van der Waals surface area contributed by atoms with Gasteiger partial charge in [0.15, 0.2) is 5.92 Å². The van der Waals surface area contributed by atoms with Crippen LogP contribution >= 0.6 is 23.5 Å². The van der Waals surface area contributed by atoms with Crippen LogP contribution < -0.4 is 0 Å². The van der Waals surface area contributed by atoms with Crippen molar-refractivity contribution in [1.82, 2.24) is 0 Å². The summed E-state index contributed by atoms with van der Waals surface area (Å²) in [4.78, 5) is 26.1. The molecule has 5 nitrogen and oxygen atoms in total. The van der Waals surface area contributed by atoms with E-state index >= 15 is 0 Å². The summed E-state index contributed by atoms with van der Waals surface area (Å²) >= 11 is 3.24. The Morgan fingerprint density at radius 2 is 1.45 bits per heavy atom. The van der Waals surface area contributed by atoms with Crippen LogP contribution in [0.5, 0.6) is 0 Å². The van der Waals surface area contributed by atoms with Crippen molar-refractivity contribution in [3.8, 4) is 0 Å². The second-order valence-electron chi connectivity index (χ2n) is 7.11. The first-order valence-corrected chi connectivity index (χ1v) is 13.1.